The summed E-state index contributed by atoms with van der Waals surface area (Å²) in [5.74, 6) is 0.773. The summed E-state index contributed by atoms with van der Waals surface area (Å²) >= 11 is 4.29. The lowest BCUT2D eigenvalue weighted by molar-refractivity contribution is 0.0948. The number of benzene rings is 1. The molecule has 0 aromatic heterocycles. The van der Waals surface area contributed by atoms with Gasteiger partial charge < -0.3 is 10.2 Å². The quantitative estimate of drug-likeness (QED) is 0.836. The predicted octanol–water partition coefficient (Wildman–Crippen LogP) is 2.75. The molecular formula is C16H24N2OS. The highest BCUT2D eigenvalue weighted by molar-refractivity contribution is 7.80. The molecule has 0 saturated carbocycles. The molecule has 1 saturated heterocycles. The Labute approximate surface area is 127 Å². The topological polar surface area (TPSA) is 32.3 Å². The lowest BCUT2D eigenvalue weighted by Gasteiger charge is -2.28. The van der Waals surface area contributed by atoms with E-state index in [9.17, 15) is 4.79 Å². The molecule has 20 heavy (non-hydrogen) atoms. The number of rotatable bonds is 4. The molecule has 2 rings (SSSR count). The molecule has 1 aliphatic heterocycles. The van der Waals surface area contributed by atoms with E-state index in [0.717, 1.165) is 34.9 Å². The fraction of sp³-hybridized carbons (Fsp3) is 0.562. The number of nitrogens with zero attached hydrogens (tertiary/aromatic N) is 1. The lowest BCUT2D eigenvalue weighted by Crippen LogP contribution is -2.32. The van der Waals surface area contributed by atoms with Crippen molar-refractivity contribution in [2.45, 2.75) is 31.1 Å². The van der Waals surface area contributed by atoms with Crippen LogP contribution in [0.15, 0.2) is 23.1 Å². The van der Waals surface area contributed by atoms with E-state index in [1.165, 1.54) is 25.9 Å². The van der Waals surface area contributed by atoms with Gasteiger partial charge in [-0.1, -0.05) is 6.07 Å². The molecule has 1 aromatic rings. The maximum Gasteiger partial charge on any atom is 0.251 e. The Morgan fingerprint density at radius 1 is 1.40 bits per heavy atom. The third-order valence-electron chi connectivity index (χ3n) is 4.14. The molecule has 0 radical (unpaired) electrons. The summed E-state index contributed by atoms with van der Waals surface area (Å²) in [5, 5.41) is 3.04. The summed E-state index contributed by atoms with van der Waals surface area (Å²) < 4.78 is 0. The van der Waals surface area contributed by atoms with Crippen LogP contribution in [0.1, 0.15) is 35.2 Å². The summed E-state index contributed by atoms with van der Waals surface area (Å²) in [6.45, 7) is 5.08. The molecule has 3 nitrogen and oxygen atoms in total. The highest BCUT2D eigenvalue weighted by Gasteiger charge is 2.16. The molecule has 0 spiro atoms. The number of nitrogens with one attached hydrogen (secondary N) is 1. The summed E-state index contributed by atoms with van der Waals surface area (Å²) in [6, 6.07) is 5.69. The van der Waals surface area contributed by atoms with Gasteiger partial charge in [0.05, 0.1) is 0 Å². The molecule has 0 unspecified atom stereocenters. The van der Waals surface area contributed by atoms with Gasteiger partial charge in [0.1, 0.15) is 0 Å². The van der Waals surface area contributed by atoms with Crippen molar-refractivity contribution in [2.24, 2.45) is 5.92 Å². The number of carbonyl (C=O) groups is 1. The number of amides is 1. The number of hydrogen-bond donors (Lipinski definition) is 2. The maximum atomic E-state index is 12.2. The first-order chi connectivity index (χ1) is 9.56. The van der Waals surface area contributed by atoms with E-state index < -0.39 is 0 Å². The van der Waals surface area contributed by atoms with Crippen LogP contribution in [-0.4, -0.2) is 37.5 Å². The van der Waals surface area contributed by atoms with Crippen molar-refractivity contribution >= 4 is 18.5 Å². The Bertz CT molecular complexity index is 468. The molecule has 0 bridgehead atoms. The van der Waals surface area contributed by atoms with Crippen LogP contribution in [-0.2, 0) is 0 Å². The van der Waals surface area contributed by atoms with Crippen molar-refractivity contribution in [1.29, 1.82) is 0 Å². The molecule has 1 fully saturated rings. The van der Waals surface area contributed by atoms with E-state index in [0.29, 0.717) is 0 Å². The van der Waals surface area contributed by atoms with Crippen molar-refractivity contribution in [3.63, 3.8) is 0 Å². The SMILES string of the molecule is Cc1ccc(S)cc1C(=O)NCCC1CCN(C)CC1. The van der Waals surface area contributed by atoms with Gasteiger partial charge in [0.2, 0.25) is 0 Å². The van der Waals surface area contributed by atoms with Crippen LogP contribution in [0, 0.1) is 12.8 Å². The first-order valence-electron chi connectivity index (χ1n) is 7.32. The predicted molar refractivity (Wildman–Crippen MR) is 85.6 cm³/mol. The molecule has 0 atom stereocenters. The minimum absolute atomic E-state index is 0.0197. The maximum absolute atomic E-state index is 12.2. The minimum atomic E-state index is 0.0197. The largest absolute Gasteiger partial charge is 0.352 e. The van der Waals surface area contributed by atoms with Gasteiger partial charge in [-0.05, 0) is 69.9 Å². The van der Waals surface area contributed by atoms with Gasteiger partial charge in [0.25, 0.3) is 5.91 Å². The van der Waals surface area contributed by atoms with E-state index in [4.69, 9.17) is 0 Å². The highest BCUT2D eigenvalue weighted by Crippen LogP contribution is 2.19. The van der Waals surface area contributed by atoms with Crippen molar-refractivity contribution in [3.05, 3.63) is 29.3 Å². The Morgan fingerprint density at radius 2 is 2.10 bits per heavy atom. The summed E-state index contributed by atoms with van der Waals surface area (Å²) in [6.07, 6.45) is 3.58. The Morgan fingerprint density at radius 3 is 2.80 bits per heavy atom. The molecule has 4 heteroatoms. The summed E-state index contributed by atoms with van der Waals surface area (Å²) in [4.78, 5) is 15.4. The zero-order valence-electron chi connectivity index (χ0n) is 12.4. The van der Waals surface area contributed by atoms with Crippen LogP contribution in [0.4, 0.5) is 0 Å². The van der Waals surface area contributed by atoms with Crippen LogP contribution in [0.3, 0.4) is 0 Å². The van der Waals surface area contributed by atoms with Crippen molar-refractivity contribution in [3.8, 4) is 0 Å². The van der Waals surface area contributed by atoms with Gasteiger partial charge >= 0.3 is 0 Å². The van der Waals surface area contributed by atoms with Crippen LogP contribution in [0.5, 0.6) is 0 Å². The van der Waals surface area contributed by atoms with Crippen molar-refractivity contribution in [2.75, 3.05) is 26.7 Å². The van der Waals surface area contributed by atoms with Gasteiger partial charge in [-0.2, -0.15) is 0 Å². The zero-order chi connectivity index (χ0) is 14.5. The average Bonchev–Trinajstić information content (AvgIpc) is 2.43. The number of piperidine rings is 1. The standard InChI is InChI=1S/C16H24N2OS/c1-12-3-4-14(20)11-15(12)16(19)17-8-5-13-6-9-18(2)10-7-13/h3-4,11,13,20H,5-10H2,1-2H3,(H,17,19). The monoisotopic (exact) mass is 292 g/mol. The number of thiol groups is 1. The molecule has 1 N–H and O–H groups in total. The van der Waals surface area contributed by atoms with E-state index in [1.54, 1.807) is 0 Å². The molecule has 1 aliphatic rings. The van der Waals surface area contributed by atoms with Gasteiger partial charge in [-0.3, -0.25) is 4.79 Å². The van der Waals surface area contributed by atoms with Crippen molar-refractivity contribution in [1.82, 2.24) is 10.2 Å². The second kappa shape index (κ2) is 7.14. The number of hydrogen-bond acceptors (Lipinski definition) is 3. The van der Waals surface area contributed by atoms with Gasteiger partial charge in [0, 0.05) is 17.0 Å². The number of carbonyl (C=O) groups excluding carboxylic acids is 1. The van der Waals surface area contributed by atoms with Gasteiger partial charge in [-0.25, -0.2) is 0 Å². The molecule has 1 amide bonds. The molecule has 110 valence electrons. The van der Waals surface area contributed by atoms with Crippen LogP contribution < -0.4 is 5.32 Å². The van der Waals surface area contributed by atoms with Crippen LogP contribution in [0.2, 0.25) is 0 Å². The van der Waals surface area contributed by atoms with Crippen LogP contribution in [0.25, 0.3) is 0 Å². The third kappa shape index (κ3) is 4.25. The normalized spacial score (nSPS) is 17.1. The third-order valence-corrected chi connectivity index (χ3v) is 4.42. The lowest BCUT2D eigenvalue weighted by atomic mass is 9.94. The summed E-state index contributed by atoms with van der Waals surface area (Å²) in [5.41, 5.74) is 1.74. The summed E-state index contributed by atoms with van der Waals surface area (Å²) in [7, 11) is 2.17. The average molecular weight is 292 g/mol. The fourth-order valence-corrected chi connectivity index (χ4v) is 2.89. The first-order valence-corrected chi connectivity index (χ1v) is 7.77. The van der Waals surface area contributed by atoms with Gasteiger partial charge in [0.15, 0.2) is 0 Å². The van der Waals surface area contributed by atoms with Crippen molar-refractivity contribution < 1.29 is 4.79 Å². The first kappa shape index (κ1) is 15.4. The second-order valence-electron chi connectivity index (χ2n) is 5.79. The van der Waals surface area contributed by atoms with Gasteiger partial charge in [-0.15, -0.1) is 12.6 Å². The van der Waals surface area contributed by atoms with E-state index >= 15 is 0 Å². The number of aryl methyl sites for hydroxylation is 1. The Balaban J connectivity index is 1.79. The van der Waals surface area contributed by atoms with Crippen LogP contribution >= 0.6 is 12.6 Å². The molecule has 1 heterocycles. The fourth-order valence-electron chi connectivity index (χ4n) is 2.69. The van der Waals surface area contributed by atoms with E-state index in [1.807, 2.05) is 25.1 Å². The van der Waals surface area contributed by atoms with E-state index in [2.05, 4.69) is 29.9 Å². The second-order valence-corrected chi connectivity index (χ2v) is 6.31. The Hall–Kier alpha value is -1.00. The smallest absolute Gasteiger partial charge is 0.251 e. The highest BCUT2D eigenvalue weighted by atomic mass is 32.1. The number of likely N-dealkylation sites (tertiary alicyclic amines) is 1. The molecular weight excluding hydrogens is 268 g/mol. The molecule has 1 aromatic carbocycles. The minimum Gasteiger partial charge on any atom is -0.352 e. The zero-order valence-corrected chi connectivity index (χ0v) is 13.2. The molecule has 0 aliphatic carbocycles. The van der Waals surface area contributed by atoms with E-state index in [-0.39, 0.29) is 5.91 Å². The Kier molecular flexibility index (Phi) is 5.49.